The summed E-state index contributed by atoms with van der Waals surface area (Å²) in [6.07, 6.45) is -2.58. The van der Waals surface area contributed by atoms with Crippen LogP contribution in [0, 0.1) is 0 Å². The molecule has 2 nitrogen and oxygen atoms in total. The molecule has 6 heteroatoms. The third-order valence-corrected chi connectivity index (χ3v) is 2.34. The number of ether oxygens (including phenoxy) is 1. The number of nitrogens with two attached hydrogens (primary N) is 1. The molecule has 0 bridgehead atoms. The van der Waals surface area contributed by atoms with Crippen molar-refractivity contribution in [3.05, 3.63) is 29.8 Å². The molecule has 0 radical (unpaired) electrons. The standard InChI is InChI=1S/C12H16F3NO.ClH/c1-2-3-7-17-10-6-4-5-9(8-10)11(16)12(13,14)15;/h4-6,8,11H,2-3,7,16H2,1H3;1H/t11-;/m0./s1. The number of unbranched alkanes of at least 4 members (excludes halogenated alkanes) is 1. The SMILES string of the molecule is CCCCOc1cccc([C@H](N)C(F)(F)F)c1.Cl. The minimum Gasteiger partial charge on any atom is -0.494 e. The summed E-state index contributed by atoms with van der Waals surface area (Å²) >= 11 is 0. The Bertz CT molecular complexity index is 357. The quantitative estimate of drug-likeness (QED) is 0.833. The molecule has 0 aromatic heterocycles. The van der Waals surface area contributed by atoms with E-state index in [0.717, 1.165) is 12.8 Å². The summed E-state index contributed by atoms with van der Waals surface area (Å²) < 4.78 is 42.5. The molecule has 0 spiro atoms. The summed E-state index contributed by atoms with van der Waals surface area (Å²) in [5, 5.41) is 0. The monoisotopic (exact) mass is 283 g/mol. The second kappa shape index (κ2) is 7.48. The van der Waals surface area contributed by atoms with Crippen molar-refractivity contribution in [2.45, 2.75) is 32.0 Å². The third kappa shape index (κ3) is 5.14. The molecule has 0 amide bonds. The first-order valence-corrected chi connectivity index (χ1v) is 5.50. The summed E-state index contributed by atoms with van der Waals surface area (Å²) in [5.41, 5.74) is 5.14. The summed E-state index contributed by atoms with van der Waals surface area (Å²) in [6, 6.07) is 3.88. The van der Waals surface area contributed by atoms with Crippen molar-refractivity contribution in [1.29, 1.82) is 0 Å². The number of rotatable bonds is 5. The van der Waals surface area contributed by atoms with Crippen molar-refractivity contribution in [2.24, 2.45) is 5.73 Å². The number of benzene rings is 1. The molecule has 1 rings (SSSR count). The fraction of sp³-hybridized carbons (Fsp3) is 0.500. The van der Waals surface area contributed by atoms with Gasteiger partial charge in [-0.2, -0.15) is 13.2 Å². The Hall–Kier alpha value is -0.940. The zero-order valence-corrected chi connectivity index (χ0v) is 10.9. The maximum atomic E-state index is 12.4. The van der Waals surface area contributed by atoms with Crippen LogP contribution in [0.25, 0.3) is 0 Å². The van der Waals surface area contributed by atoms with Gasteiger partial charge < -0.3 is 10.5 Å². The lowest BCUT2D eigenvalue weighted by atomic mass is 10.1. The topological polar surface area (TPSA) is 35.2 Å². The predicted octanol–water partition coefficient (Wildman–Crippen LogP) is 3.85. The van der Waals surface area contributed by atoms with E-state index in [1.54, 1.807) is 6.07 Å². The van der Waals surface area contributed by atoms with E-state index >= 15 is 0 Å². The van der Waals surface area contributed by atoms with Crippen LogP contribution in [0.3, 0.4) is 0 Å². The molecule has 0 unspecified atom stereocenters. The van der Waals surface area contributed by atoms with Gasteiger partial charge in [-0.15, -0.1) is 12.4 Å². The van der Waals surface area contributed by atoms with Gasteiger partial charge in [0.1, 0.15) is 11.8 Å². The van der Waals surface area contributed by atoms with Crippen LogP contribution in [0.15, 0.2) is 24.3 Å². The second-order valence-electron chi connectivity index (χ2n) is 3.79. The molecule has 1 aromatic carbocycles. The molecule has 0 aliphatic carbocycles. The van der Waals surface area contributed by atoms with E-state index < -0.39 is 12.2 Å². The summed E-state index contributed by atoms with van der Waals surface area (Å²) in [7, 11) is 0. The average Bonchev–Trinajstić information content (AvgIpc) is 2.28. The molecule has 0 saturated carbocycles. The highest BCUT2D eigenvalue weighted by atomic mass is 35.5. The van der Waals surface area contributed by atoms with Gasteiger partial charge in [0.15, 0.2) is 0 Å². The molecule has 0 aliphatic rings. The zero-order valence-electron chi connectivity index (χ0n) is 10.0. The Morgan fingerprint density at radius 1 is 1.33 bits per heavy atom. The van der Waals surface area contributed by atoms with Gasteiger partial charge in [0.2, 0.25) is 0 Å². The highest BCUT2D eigenvalue weighted by molar-refractivity contribution is 5.85. The van der Waals surface area contributed by atoms with Gasteiger partial charge in [-0.3, -0.25) is 0 Å². The highest BCUT2D eigenvalue weighted by Gasteiger charge is 2.37. The fourth-order valence-corrected chi connectivity index (χ4v) is 1.32. The van der Waals surface area contributed by atoms with Crippen molar-refractivity contribution < 1.29 is 17.9 Å². The molecular weight excluding hydrogens is 267 g/mol. The first-order chi connectivity index (χ1) is 7.95. The molecule has 0 fully saturated rings. The van der Waals surface area contributed by atoms with Crippen molar-refractivity contribution in [3.63, 3.8) is 0 Å². The molecule has 104 valence electrons. The Morgan fingerprint density at radius 3 is 2.56 bits per heavy atom. The van der Waals surface area contributed by atoms with Crippen LogP contribution in [-0.4, -0.2) is 12.8 Å². The number of hydrogen-bond donors (Lipinski definition) is 1. The Labute approximate surface area is 111 Å². The van der Waals surface area contributed by atoms with E-state index in [1.165, 1.54) is 18.2 Å². The maximum absolute atomic E-state index is 12.4. The van der Waals surface area contributed by atoms with Gasteiger partial charge in [-0.1, -0.05) is 25.5 Å². The van der Waals surface area contributed by atoms with Gasteiger partial charge in [-0.25, -0.2) is 0 Å². The van der Waals surface area contributed by atoms with Crippen LogP contribution in [-0.2, 0) is 0 Å². The van der Waals surface area contributed by atoms with Crippen molar-refractivity contribution in [1.82, 2.24) is 0 Å². The smallest absolute Gasteiger partial charge is 0.407 e. The zero-order chi connectivity index (χ0) is 12.9. The van der Waals surface area contributed by atoms with E-state index in [4.69, 9.17) is 10.5 Å². The lowest BCUT2D eigenvalue weighted by Gasteiger charge is -2.16. The van der Waals surface area contributed by atoms with E-state index in [0.29, 0.717) is 12.4 Å². The first-order valence-electron chi connectivity index (χ1n) is 5.50. The summed E-state index contributed by atoms with van der Waals surface area (Å²) in [4.78, 5) is 0. The van der Waals surface area contributed by atoms with E-state index in [9.17, 15) is 13.2 Å². The molecule has 2 N–H and O–H groups in total. The average molecular weight is 284 g/mol. The third-order valence-electron chi connectivity index (χ3n) is 2.34. The Kier molecular flexibility index (Phi) is 7.09. The van der Waals surface area contributed by atoms with Gasteiger partial charge in [0.25, 0.3) is 0 Å². The van der Waals surface area contributed by atoms with Gasteiger partial charge in [-0.05, 0) is 24.1 Å². The Balaban J connectivity index is 0.00000289. The molecule has 0 saturated heterocycles. The highest BCUT2D eigenvalue weighted by Crippen LogP contribution is 2.31. The summed E-state index contributed by atoms with van der Waals surface area (Å²) in [5.74, 6) is 0.427. The minimum absolute atomic E-state index is 0. The van der Waals surface area contributed by atoms with Gasteiger partial charge >= 0.3 is 6.18 Å². The first kappa shape index (κ1) is 17.1. The van der Waals surface area contributed by atoms with Crippen LogP contribution in [0.5, 0.6) is 5.75 Å². The number of halogens is 4. The minimum atomic E-state index is -4.43. The molecule has 0 aliphatic heterocycles. The largest absolute Gasteiger partial charge is 0.494 e. The molecule has 18 heavy (non-hydrogen) atoms. The van der Waals surface area contributed by atoms with Crippen molar-refractivity contribution >= 4 is 12.4 Å². The van der Waals surface area contributed by atoms with E-state index in [1.807, 2.05) is 6.92 Å². The predicted molar refractivity (Wildman–Crippen MR) is 67.1 cm³/mol. The molecule has 1 aromatic rings. The molecular formula is C12H17ClF3NO. The normalized spacial score (nSPS) is 12.7. The molecule has 1 atom stereocenters. The van der Waals surface area contributed by atoms with Crippen LogP contribution in [0.1, 0.15) is 31.4 Å². The lowest BCUT2D eigenvalue weighted by molar-refractivity contribution is -0.149. The van der Waals surface area contributed by atoms with Crippen molar-refractivity contribution in [3.8, 4) is 5.75 Å². The number of hydrogen-bond acceptors (Lipinski definition) is 2. The van der Waals surface area contributed by atoms with Crippen LogP contribution >= 0.6 is 12.4 Å². The van der Waals surface area contributed by atoms with Gasteiger partial charge in [0.05, 0.1) is 6.61 Å². The van der Waals surface area contributed by atoms with Crippen LogP contribution in [0.2, 0.25) is 0 Å². The lowest BCUT2D eigenvalue weighted by Crippen LogP contribution is -2.28. The van der Waals surface area contributed by atoms with E-state index in [-0.39, 0.29) is 18.0 Å². The fourth-order valence-electron chi connectivity index (χ4n) is 1.32. The maximum Gasteiger partial charge on any atom is 0.407 e. The van der Waals surface area contributed by atoms with Crippen molar-refractivity contribution in [2.75, 3.05) is 6.61 Å². The molecule has 0 heterocycles. The summed E-state index contributed by atoms with van der Waals surface area (Å²) in [6.45, 7) is 2.51. The second-order valence-corrected chi connectivity index (χ2v) is 3.79. The Morgan fingerprint density at radius 2 is 2.00 bits per heavy atom. The van der Waals surface area contributed by atoms with Crippen LogP contribution < -0.4 is 10.5 Å². The van der Waals surface area contributed by atoms with Crippen LogP contribution in [0.4, 0.5) is 13.2 Å². The van der Waals surface area contributed by atoms with Gasteiger partial charge in [0, 0.05) is 0 Å². The van der Waals surface area contributed by atoms with E-state index in [2.05, 4.69) is 0 Å². The number of alkyl halides is 3.